The summed E-state index contributed by atoms with van der Waals surface area (Å²) in [6.45, 7) is 2.13. The van der Waals surface area contributed by atoms with Crippen LogP contribution in [-0.4, -0.2) is 31.5 Å². The molecule has 0 aromatic heterocycles. The van der Waals surface area contributed by atoms with Crippen LogP contribution in [0.15, 0.2) is 30.3 Å². The van der Waals surface area contributed by atoms with Gasteiger partial charge in [-0.2, -0.15) is 0 Å². The number of unbranched alkanes of at least 4 members (excludes halogenated alkanes) is 5. The number of carbonyl (C=O) groups is 2. The van der Waals surface area contributed by atoms with E-state index in [1.807, 2.05) is 30.3 Å². The number of aryl methyl sites for hydroxylation is 1. The second-order valence-corrected chi connectivity index (χ2v) is 5.85. The van der Waals surface area contributed by atoms with E-state index in [9.17, 15) is 9.59 Å². The fourth-order valence-corrected chi connectivity index (χ4v) is 2.29. The fraction of sp³-hybridized carbons (Fsp3) is 0.579. The Kier molecular flexibility index (Phi) is 10.4. The van der Waals surface area contributed by atoms with Gasteiger partial charge in [0.1, 0.15) is 0 Å². The molecule has 1 aromatic carbocycles. The maximum Gasteiger partial charge on any atom is 0.321 e. The van der Waals surface area contributed by atoms with Gasteiger partial charge in [-0.3, -0.25) is 10.1 Å². The second kappa shape index (κ2) is 13.5. The lowest BCUT2D eigenvalue weighted by atomic mass is 10.1. The molecule has 0 bridgehead atoms. The normalized spacial score (nSPS) is 12.3. The monoisotopic (exact) mass is 334 g/mol. The Bertz CT molecular complexity index is 497. The van der Waals surface area contributed by atoms with Gasteiger partial charge in [0.05, 0.1) is 6.54 Å². The van der Waals surface area contributed by atoms with Crippen LogP contribution in [0.4, 0.5) is 4.79 Å². The third-order valence-electron chi connectivity index (χ3n) is 3.66. The Balaban J connectivity index is 2.06. The summed E-state index contributed by atoms with van der Waals surface area (Å²) in [6, 6.07) is 9.18. The Morgan fingerprint density at radius 1 is 1.04 bits per heavy atom. The van der Waals surface area contributed by atoms with Crippen molar-refractivity contribution in [2.45, 2.75) is 51.9 Å². The summed E-state index contributed by atoms with van der Waals surface area (Å²) in [7, 11) is 0. The van der Waals surface area contributed by atoms with Crippen LogP contribution in [0.2, 0.25) is 0 Å². The van der Waals surface area contributed by atoms with Crippen LogP contribution in [0.1, 0.15) is 52.4 Å². The highest BCUT2D eigenvalue weighted by Crippen LogP contribution is 2.03. The van der Waals surface area contributed by atoms with Crippen LogP contribution in [0.25, 0.3) is 0 Å². The number of nitrogens with one attached hydrogen (secondary N) is 3. The van der Waals surface area contributed by atoms with Crippen molar-refractivity contribution in [1.29, 1.82) is 0 Å². The van der Waals surface area contributed by atoms with Crippen LogP contribution in [0.3, 0.4) is 0 Å². The van der Waals surface area contributed by atoms with E-state index in [2.05, 4.69) is 22.9 Å². The van der Waals surface area contributed by atoms with E-state index in [0.717, 1.165) is 18.4 Å². The molecule has 0 saturated heterocycles. The quantitative estimate of drug-likeness (QED) is 0.515. The first-order chi connectivity index (χ1) is 12.1. The molecule has 0 aliphatic carbocycles. The van der Waals surface area contributed by atoms with E-state index in [1.54, 1.807) is 0 Å². The Morgan fingerprint density at radius 3 is 2.50 bits per heavy atom. The van der Waals surface area contributed by atoms with Gasteiger partial charge in [-0.05, 0) is 24.9 Å². The summed E-state index contributed by atoms with van der Waals surface area (Å²) in [5.74, 6) is -0.425. The maximum atomic E-state index is 11.7. The number of hydrogen-bond acceptors (Lipinski definition) is 3. The molecule has 3 N–H and O–H groups in total. The van der Waals surface area contributed by atoms with Gasteiger partial charge in [0.2, 0.25) is 5.91 Å². The van der Waals surface area contributed by atoms with Gasteiger partial charge in [0, 0.05) is 7.92 Å². The van der Waals surface area contributed by atoms with E-state index in [1.165, 1.54) is 25.7 Å². The lowest BCUT2D eigenvalue weighted by Gasteiger charge is -2.08. The molecule has 1 unspecified atom stereocenters. The van der Waals surface area contributed by atoms with Crippen LogP contribution in [0, 0.1) is 0 Å². The summed E-state index contributed by atoms with van der Waals surface area (Å²) in [4.78, 5) is 23.3. The average Bonchev–Trinajstić information content (AvgIpc) is 2.60. The molecule has 0 fully saturated rings. The number of benzene rings is 1. The summed E-state index contributed by atoms with van der Waals surface area (Å²) < 4.78 is 7.90. The molecule has 1 rings (SSSR count). The number of hydrogen-bond donors (Lipinski definition) is 3. The van der Waals surface area contributed by atoms with Gasteiger partial charge in [0.25, 0.3) is 0 Å². The van der Waals surface area contributed by atoms with Crippen molar-refractivity contribution >= 4 is 11.9 Å². The average molecular weight is 334 g/mol. The minimum atomic E-state index is -0.584. The Labute approximate surface area is 147 Å². The zero-order chi connectivity index (χ0) is 18.3. The molecule has 0 aliphatic rings. The largest absolute Gasteiger partial charge is 0.338 e. The zero-order valence-corrected chi connectivity index (χ0v) is 14.6. The minimum absolute atomic E-state index is 0.0502. The summed E-state index contributed by atoms with van der Waals surface area (Å²) in [5, 5.41) is 7.77. The van der Waals surface area contributed by atoms with Gasteiger partial charge in [-0.25, -0.2) is 4.79 Å². The first kappa shape index (κ1) is 18.5. The zero-order valence-electron chi connectivity index (χ0n) is 15.6. The first-order valence-electron chi connectivity index (χ1n) is 9.46. The molecule has 5 nitrogen and oxygen atoms in total. The van der Waals surface area contributed by atoms with Gasteiger partial charge in [0.15, 0.2) is 0 Å². The lowest BCUT2D eigenvalue weighted by molar-refractivity contribution is -0.119. The van der Waals surface area contributed by atoms with E-state index >= 15 is 0 Å². The second-order valence-electron chi connectivity index (χ2n) is 5.85. The number of urea groups is 1. The summed E-state index contributed by atoms with van der Waals surface area (Å²) >= 11 is 0. The van der Waals surface area contributed by atoms with Crippen molar-refractivity contribution in [1.82, 2.24) is 16.0 Å². The molecule has 0 radical (unpaired) electrons. The van der Waals surface area contributed by atoms with Crippen molar-refractivity contribution in [3.63, 3.8) is 0 Å². The maximum absolute atomic E-state index is 11.7. The van der Waals surface area contributed by atoms with E-state index < -0.39 is 18.5 Å². The molecule has 3 amide bonds. The first-order valence-corrected chi connectivity index (χ1v) is 8.89. The summed E-state index contributed by atoms with van der Waals surface area (Å²) in [6.07, 6.45) is 7.44. The number of carbonyl (C=O) groups excluding carboxylic acids is 2. The van der Waals surface area contributed by atoms with Crippen LogP contribution < -0.4 is 16.0 Å². The third-order valence-corrected chi connectivity index (χ3v) is 3.66. The number of rotatable bonds is 12. The van der Waals surface area contributed by atoms with Gasteiger partial charge >= 0.3 is 6.03 Å². The van der Waals surface area contributed by atoms with Crippen molar-refractivity contribution in [2.75, 3.05) is 19.6 Å². The number of imide groups is 1. The number of amides is 3. The summed E-state index contributed by atoms with van der Waals surface area (Å²) in [5.41, 5.74) is 1.03. The molecule has 0 saturated carbocycles. The fourth-order valence-electron chi connectivity index (χ4n) is 2.29. The highest BCUT2D eigenvalue weighted by atomic mass is 16.2. The highest BCUT2D eigenvalue weighted by molar-refractivity contribution is 5.95. The molecule has 1 aromatic rings. The lowest BCUT2D eigenvalue weighted by Crippen LogP contribution is -2.43. The molecule has 1 atom stereocenters. The molecule has 134 valence electrons. The van der Waals surface area contributed by atoms with Gasteiger partial charge in [-0.15, -0.1) is 0 Å². The smallest absolute Gasteiger partial charge is 0.321 e. The molecular formula is C19H31N3O2. The standard InChI is InChI=1S/C19H31N3O2/c1-2-3-4-5-6-10-14-21-19(24)22-18(23)16-20-15-13-17-11-8-7-9-12-17/h7-9,11-12,20H,2-6,10,13-16H2,1H3,(H2,21,22,23,24)/i15D. The predicted molar refractivity (Wildman–Crippen MR) is 97.9 cm³/mol. The van der Waals surface area contributed by atoms with Crippen molar-refractivity contribution in [3.8, 4) is 0 Å². The minimum Gasteiger partial charge on any atom is -0.338 e. The van der Waals surface area contributed by atoms with Crippen LogP contribution in [-0.2, 0) is 11.2 Å². The van der Waals surface area contributed by atoms with E-state index in [0.29, 0.717) is 13.0 Å². The molecule has 0 aliphatic heterocycles. The SMILES string of the molecule is [2H]C(Cc1ccccc1)NCC(=O)NC(=O)NCCCCCCCC. The predicted octanol–water partition coefficient (Wildman–Crippen LogP) is 3.01. The molecule has 5 heteroatoms. The van der Waals surface area contributed by atoms with Gasteiger partial charge < -0.3 is 10.6 Å². The topological polar surface area (TPSA) is 70.2 Å². The van der Waals surface area contributed by atoms with Crippen molar-refractivity contribution < 1.29 is 11.0 Å². The van der Waals surface area contributed by atoms with Gasteiger partial charge in [-0.1, -0.05) is 69.4 Å². The van der Waals surface area contributed by atoms with E-state index in [4.69, 9.17) is 1.37 Å². The van der Waals surface area contributed by atoms with Crippen LogP contribution >= 0.6 is 0 Å². The Hall–Kier alpha value is -1.88. The molecular weight excluding hydrogens is 302 g/mol. The highest BCUT2D eigenvalue weighted by Gasteiger charge is 2.06. The van der Waals surface area contributed by atoms with Crippen molar-refractivity contribution in [2.24, 2.45) is 0 Å². The van der Waals surface area contributed by atoms with Crippen LogP contribution in [0.5, 0.6) is 0 Å². The van der Waals surface area contributed by atoms with Crippen molar-refractivity contribution in [3.05, 3.63) is 35.9 Å². The molecule has 0 spiro atoms. The molecule has 0 heterocycles. The third kappa shape index (κ3) is 10.8. The Morgan fingerprint density at radius 2 is 1.75 bits per heavy atom. The van der Waals surface area contributed by atoms with E-state index in [-0.39, 0.29) is 6.54 Å². The molecule has 24 heavy (non-hydrogen) atoms.